The van der Waals surface area contributed by atoms with Gasteiger partial charge < -0.3 is 14.8 Å². The van der Waals surface area contributed by atoms with Crippen molar-refractivity contribution in [3.05, 3.63) is 106 Å². The highest BCUT2D eigenvalue weighted by atomic mass is 79.9. The number of carbonyl (C=O) groups excluding carboxylic acids is 3. The van der Waals surface area contributed by atoms with Gasteiger partial charge in [-0.1, -0.05) is 52.3 Å². The molecular formula is C29H24BrN3O5. The molecule has 0 saturated heterocycles. The molecule has 0 aliphatic rings. The highest BCUT2D eigenvalue weighted by Gasteiger charge is 2.13. The van der Waals surface area contributed by atoms with Crippen LogP contribution >= 0.6 is 15.9 Å². The largest absolute Gasteiger partial charge is 0.494 e. The Bertz CT molecular complexity index is 1500. The first-order chi connectivity index (χ1) is 18.4. The zero-order valence-electron chi connectivity index (χ0n) is 20.4. The Balaban J connectivity index is 1.35. The Morgan fingerprint density at radius 3 is 2.50 bits per heavy atom. The lowest BCUT2D eigenvalue weighted by atomic mass is 10.0. The Morgan fingerprint density at radius 1 is 0.947 bits per heavy atom. The summed E-state index contributed by atoms with van der Waals surface area (Å²) in [6, 6.07) is 24.6. The molecule has 0 heterocycles. The third-order valence-corrected chi connectivity index (χ3v) is 5.91. The molecule has 0 spiro atoms. The molecular weight excluding hydrogens is 550 g/mol. The van der Waals surface area contributed by atoms with Crippen LogP contribution in [0.15, 0.2) is 94.5 Å². The van der Waals surface area contributed by atoms with E-state index in [1.807, 2.05) is 37.3 Å². The quantitative estimate of drug-likeness (QED) is 0.125. The first-order valence-electron chi connectivity index (χ1n) is 11.8. The number of hydrogen-bond acceptors (Lipinski definition) is 6. The van der Waals surface area contributed by atoms with Gasteiger partial charge in [0.1, 0.15) is 11.5 Å². The molecule has 0 unspecified atom stereocenters. The van der Waals surface area contributed by atoms with Crippen LogP contribution in [-0.4, -0.2) is 37.1 Å². The van der Waals surface area contributed by atoms with E-state index in [4.69, 9.17) is 9.47 Å². The fourth-order valence-corrected chi connectivity index (χ4v) is 4.00. The Hall–Kier alpha value is -4.50. The molecule has 0 aromatic heterocycles. The van der Waals surface area contributed by atoms with Crippen molar-refractivity contribution in [2.45, 2.75) is 6.92 Å². The van der Waals surface area contributed by atoms with E-state index < -0.39 is 11.9 Å². The van der Waals surface area contributed by atoms with Crippen LogP contribution in [0.25, 0.3) is 10.8 Å². The van der Waals surface area contributed by atoms with Crippen LogP contribution in [-0.2, 0) is 4.79 Å². The summed E-state index contributed by atoms with van der Waals surface area (Å²) >= 11 is 3.38. The van der Waals surface area contributed by atoms with Crippen molar-refractivity contribution in [1.29, 1.82) is 0 Å². The van der Waals surface area contributed by atoms with Crippen LogP contribution in [0.3, 0.4) is 0 Å². The van der Waals surface area contributed by atoms with E-state index in [0.717, 1.165) is 15.2 Å². The third kappa shape index (κ3) is 6.83. The summed E-state index contributed by atoms with van der Waals surface area (Å²) in [5.41, 5.74) is 3.66. The second-order valence-electron chi connectivity index (χ2n) is 8.03. The van der Waals surface area contributed by atoms with Crippen molar-refractivity contribution in [1.82, 2.24) is 10.7 Å². The smallest absolute Gasteiger partial charge is 0.343 e. The van der Waals surface area contributed by atoms with E-state index in [1.54, 1.807) is 54.6 Å². The SMILES string of the molecule is CCOc1ccc(C(=O)Oc2ccc(Br)cc2/C=N\NC(=O)CNC(=O)c2cccc3ccccc23)cc1. The van der Waals surface area contributed by atoms with E-state index in [2.05, 4.69) is 31.8 Å². The van der Waals surface area contributed by atoms with Crippen molar-refractivity contribution >= 4 is 50.7 Å². The highest BCUT2D eigenvalue weighted by molar-refractivity contribution is 9.10. The molecule has 0 aliphatic heterocycles. The number of benzene rings is 4. The lowest BCUT2D eigenvalue weighted by molar-refractivity contribution is -0.120. The molecule has 8 nitrogen and oxygen atoms in total. The second-order valence-corrected chi connectivity index (χ2v) is 8.95. The number of nitrogens with one attached hydrogen (secondary N) is 2. The monoisotopic (exact) mass is 573 g/mol. The van der Waals surface area contributed by atoms with Gasteiger partial charge in [0, 0.05) is 15.6 Å². The number of hydrazone groups is 1. The number of esters is 1. The number of carbonyl (C=O) groups is 3. The van der Waals surface area contributed by atoms with Crippen LogP contribution < -0.4 is 20.2 Å². The Morgan fingerprint density at radius 2 is 1.71 bits per heavy atom. The van der Waals surface area contributed by atoms with Crippen molar-refractivity contribution < 1.29 is 23.9 Å². The van der Waals surface area contributed by atoms with Gasteiger partial charge in [-0.2, -0.15) is 5.10 Å². The number of amides is 2. The molecule has 38 heavy (non-hydrogen) atoms. The minimum atomic E-state index is -0.551. The summed E-state index contributed by atoms with van der Waals surface area (Å²) in [4.78, 5) is 37.5. The van der Waals surface area contributed by atoms with Gasteiger partial charge in [0.25, 0.3) is 11.8 Å². The maximum Gasteiger partial charge on any atom is 0.343 e. The van der Waals surface area contributed by atoms with Crippen molar-refractivity contribution in [3.8, 4) is 11.5 Å². The number of fused-ring (bicyclic) bond motifs is 1. The van der Waals surface area contributed by atoms with Gasteiger partial charge in [-0.25, -0.2) is 10.2 Å². The summed E-state index contributed by atoms with van der Waals surface area (Å²) in [7, 11) is 0. The lowest BCUT2D eigenvalue weighted by Crippen LogP contribution is -2.35. The van der Waals surface area contributed by atoms with Gasteiger partial charge in [-0.05, 0) is 66.2 Å². The first kappa shape index (κ1) is 26.6. The molecule has 2 amide bonds. The molecule has 2 N–H and O–H groups in total. The van der Waals surface area contributed by atoms with Gasteiger partial charge in [0.05, 0.1) is 24.9 Å². The maximum absolute atomic E-state index is 12.6. The van der Waals surface area contributed by atoms with E-state index >= 15 is 0 Å². The van der Waals surface area contributed by atoms with Crippen LogP contribution in [0.5, 0.6) is 11.5 Å². The maximum atomic E-state index is 12.6. The molecule has 4 rings (SSSR count). The second kappa shape index (κ2) is 12.6. The molecule has 0 radical (unpaired) electrons. The zero-order valence-corrected chi connectivity index (χ0v) is 22.0. The average Bonchev–Trinajstić information content (AvgIpc) is 2.93. The summed E-state index contributed by atoms with van der Waals surface area (Å²) < 4.78 is 11.7. The number of rotatable bonds is 9. The fourth-order valence-electron chi connectivity index (χ4n) is 3.62. The molecule has 9 heteroatoms. The third-order valence-electron chi connectivity index (χ3n) is 5.41. The van der Waals surface area contributed by atoms with Crippen molar-refractivity contribution in [2.24, 2.45) is 5.10 Å². The van der Waals surface area contributed by atoms with Gasteiger partial charge in [-0.15, -0.1) is 0 Å². The van der Waals surface area contributed by atoms with E-state index in [9.17, 15) is 14.4 Å². The topological polar surface area (TPSA) is 106 Å². The molecule has 0 fully saturated rings. The van der Waals surface area contributed by atoms with Crippen LogP contribution in [0.4, 0.5) is 0 Å². The summed E-state index contributed by atoms with van der Waals surface area (Å²) in [5.74, 6) is -0.515. The number of ether oxygens (including phenoxy) is 2. The predicted molar refractivity (Wildman–Crippen MR) is 149 cm³/mol. The van der Waals surface area contributed by atoms with Gasteiger partial charge in [0.2, 0.25) is 0 Å². The molecule has 192 valence electrons. The molecule has 0 saturated carbocycles. The molecule has 4 aromatic rings. The van der Waals surface area contributed by atoms with Crippen LogP contribution in [0.2, 0.25) is 0 Å². The van der Waals surface area contributed by atoms with Crippen LogP contribution in [0, 0.1) is 0 Å². The summed E-state index contributed by atoms with van der Waals surface area (Å²) in [6.07, 6.45) is 1.36. The molecule has 0 bridgehead atoms. The van der Waals surface area contributed by atoms with Gasteiger partial charge >= 0.3 is 5.97 Å². The summed E-state index contributed by atoms with van der Waals surface area (Å²) in [5, 5.41) is 8.29. The molecule has 0 aliphatic carbocycles. The zero-order chi connectivity index (χ0) is 26.9. The van der Waals surface area contributed by atoms with Gasteiger partial charge in [0.15, 0.2) is 0 Å². The Labute approximate surface area is 227 Å². The van der Waals surface area contributed by atoms with Gasteiger partial charge in [-0.3, -0.25) is 9.59 Å². The molecule has 0 atom stereocenters. The standard InChI is InChI=1S/C29H24BrN3O5/c1-2-37-23-13-10-20(11-14-23)29(36)38-26-15-12-22(30)16-21(26)17-32-33-27(34)18-31-28(35)25-9-5-7-19-6-3-4-8-24(19)25/h3-17H,2,18H2,1H3,(H,31,35)(H,33,34)/b32-17-. The van der Waals surface area contributed by atoms with Crippen molar-refractivity contribution in [2.75, 3.05) is 13.2 Å². The first-order valence-corrected chi connectivity index (χ1v) is 12.6. The number of nitrogens with zero attached hydrogens (tertiary/aromatic N) is 1. The summed E-state index contributed by atoms with van der Waals surface area (Å²) in [6.45, 7) is 2.14. The van der Waals surface area contributed by atoms with E-state index in [0.29, 0.717) is 29.0 Å². The fraction of sp³-hybridized carbons (Fsp3) is 0.103. The number of hydrogen-bond donors (Lipinski definition) is 2. The average molecular weight is 574 g/mol. The highest BCUT2D eigenvalue weighted by Crippen LogP contribution is 2.23. The molecule has 4 aromatic carbocycles. The normalized spacial score (nSPS) is 10.8. The van der Waals surface area contributed by atoms with Crippen LogP contribution in [0.1, 0.15) is 33.2 Å². The lowest BCUT2D eigenvalue weighted by Gasteiger charge is -2.09. The van der Waals surface area contributed by atoms with E-state index in [1.165, 1.54) is 6.21 Å². The Kier molecular flexibility index (Phi) is 8.84. The van der Waals surface area contributed by atoms with Crippen molar-refractivity contribution in [3.63, 3.8) is 0 Å². The van der Waals surface area contributed by atoms with E-state index in [-0.39, 0.29) is 18.2 Å². The minimum Gasteiger partial charge on any atom is -0.494 e. The minimum absolute atomic E-state index is 0.259. The predicted octanol–water partition coefficient (Wildman–Crippen LogP) is 5.10. The number of halogens is 1.